The summed E-state index contributed by atoms with van der Waals surface area (Å²) < 4.78 is 7.48. The molecule has 2 atom stereocenters. The molecule has 2 N–H and O–H groups in total. The van der Waals surface area contributed by atoms with E-state index in [1.165, 1.54) is 56.2 Å². The van der Waals surface area contributed by atoms with E-state index in [0.717, 1.165) is 17.1 Å². The van der Waals surface area contributed by atoms with Crippen LogP contribution in [0.25, 0.3) is 0 Å². The summed E-state index contributed by atoms with van der Waals surface area (Å²) in [7, 11) is 1.51. The number of rotatable bonds is 7. The lowest BCUT2D eigenvalue weighted by atomic mass is 9.94. The first-order valence-corrected chi connectivity index (χ1v) is 13.5. The number of aryl methyl sites for hydroxylation is 1. The molecule has 2 fully saturated rings. The number of methoxy groups -OCH3 is 1. The number of ether oxygens (including phenoxy) is 1. The third kappa shape index (κ3) is 5.13. The van der Waals surface area contributed by atoms with E-state index in [-0.39, 0.29) is 24.6 Å². The molecule has 2 unspecified atom stereocenters. The number of pyridine rings is 1. The Hall–Kier alpha value is -3.23. The minimum atomic E-state index is -0.183. The van der Waals surface area contributed by atoms with Crippen LogP contribution in [0.15, 0.2) is 54.7 Å². The second-order valence-corrected chi connectivity index (χ2v) is 10.4. The highest BCUT2D eigenvalue weighted by atomic mass is 32.1. The fourth-order valence-electron chi connectivity index (χ4n) is 5.99. The number of amides is 1. The number of benzene rings is 1. The van der Waals surface area contributed by atoms with Crippen molar-refractivity contribution in [2.45, 2.75) is 64.1 Å². The maximum atomic E-state index is 12.0. The van der Waals surface area contributed by atoms with E-state index in [0.29, 0.717) is 11.2 Å². The van der Waals surface area contributed by atoms with E-state index < -0.39 is 0 Å². The van der Waals surface area contributed by atoms with Crippen LogP contribution >= 0.6 is 12.2 Å². The average Bonchev–Trinajstić information content (AvgIpc) is 3.40. The Bertz CT molecular complexity index is 1250. The van der Waals surface area contributed by atoms with Crippen LogP contribution in [0.3, 0.4) is 0 Å². The normalized spacial score (nSPS) is 20.2. The molecule has 3 aromatic rings. The van der Waals surface area contributed by atoms with Gasteiger partial charge in [-0.2, -0.15) is 0 Å². The minimum Gasteiger partial charge on any atom is -0.375 e. The van der Waals surface area contributed by atoms with Crippen molar-refractivity contribution in [1.82, 2.24) is 14.9 Å². The Morgan fingerprint density at radius 3 is 2.57 bits per heavy atom. The Morgan fingerprint density at radius 2 is 1.89 bits per heavy atom. The molecule has 1 aliphatic carbocycles. The number of carbonyl (C=O) groups excluding carboxylic acids is 1. The van der Waals surface area contributed by atoms with Crippen LogP contribution in [0, 0.1) is 13.8 Å². The molecule has 7 nitrogen and oxygen atoms in total. The molecule has 5 rings (SSSR count). The highest BCUT2D eigenvalue weighted by molar-refractivity contribution is 7.80. The molecule has 0 bridgehead atoms. The molecule has 2 aromatic heterocycles. The number of carbonyl (C=O) groups is 1. The van der Waals surface area contributed by atoms with Gasteiger partial charge in [0.15, 0.2) is 5.11 Å². The molecule has 1 aromatic carbocycles. The number of thiocarbonyl (C=S) groups is 1. The first-order valence-electron chi connectivity index (χ1n) is 13.1. The van der Waals surface area contributed by atoms with E-state index in [4.69, 9.17) is 21.9 Å². The fraction of sp³-hybridized carbons (Fsp3) is 0.414. The lowest BCUT2D eigenvalue weighted by molar-refractivity contribution is -0.119. The van der Waals surface area contributed by atoms with Crippen molar-refractivity contribution < 1.29 is 9.53 Å². The zero-order chi connectivity index (χ0) is 25.9. The van der Waals surface area contributed by atoms with Gasteiger partial charge in [0, 0.05) is 42.1 Å². The molecule has 1 saturated heterocycles. The van der Waals surface area contributed by atoms with Crippen LogP contribution in [0.5, 0.6) is 0 Å². The van der Waals surface area contributed by atoms with Crippen molar-refractivity contribution >= 4 is 34.6 Å². The topological polar surface area (TPSA) is 71.4 Å². The number of anilines is 2. The van der Waals surface area contributed by atoms with Crippen molar-refractivity contribution in [3.63, 3.8) is 0 Å². The summed E-state index contributed by atoms with van der Waals surface area (Å²) in [5, 5.41) is 7.09. The van der Waals surface area contributed by atoms with Crippen LogP contribution in [-0.2, 0) is 9.53 Å². The molecule has 2 aliphatic rings. The van der Waals surface area contributed by atoms with Gasteiger partial charge in [0.1, 0.15) is 6.61 Å². The van der Waals surface area contributed by atoms with Gasteiger partial charge in [0.05, 0.1) is 17.8 Å². The van der Waals surface area contributed by atoms with E-state index in [1.807, 2.05) is 42.6 Å². The largest absolute Gasteiger partial charge is 0.375 e. The number of aromatic nitrogens is 2. The van der Waals surface area contributed by atoms with E-state index >= 15 is 0 Å². The third-order valence-electron chi connectivity index (χ3n) is 7.58. The van der Waals surface area contributed by atoms with Gasteiger partial charge in [-0.3, -0.25) is 9.78 Å². The number of hydrogen-bond acceptors (Lipinski definition) is 4. The summed E-state index contributed by atoms with van der Waals surface area (Å²) in [6.45, 7) is 4.50. The van der Waals surface area contributed by atoms with Crippen molar-refractivity contribution in [3.05, 3.63) is 77.4 Å². The lowest BCUT2D eigenvalue weighted by Crippen LogP contribution is -2.29. The maximum absolute atomic E-state index is 12.0. The molecule has 3 heterocycles. The van der Waals surface area contributed by atoms with E-state index in [1.54, 1.807) is 0 Å². The summed E-state index contributed by atoms with van der Waals surface area (Å²) in [4.78, 5) is 18.9. The first-order chi connectivity index (χ1) is 18.0. The number of nitrogens with one attached hydrogen (secondary N) is 2. The monoisotopic (exact) mass is 517 g/mol. The second kappa shape index (κ2) is 11.0. The zero-order valence-corrected chi connectivity index (χ0v) is 22.6. The summed E-state index contributed by atoms with van der Waals surface area (Å²) in [6, 6.07) is 16.6. The van der Waals surface area contributed by atoms with Gasteiger partial charge in [-0.15, -0.1) is 0 Å². The van der Waals surface area contributed by atoms with Crippen molar-refractivity contribution in [2.75, 3.05) is 23.9 Å². The number of nitrogens with zero attached hydrogens (tertiary/aromatic N) is 3. The minimum absolute atomic E-state index is 0.0202. The third-order valence-corrected chi connectivity index (χ3v) is 7.90. The molecule has 0 radical (unpaired) electrons. The highest BCUT2D eigenvalue weighted by Gasteiger charge is 2.42. The van der Waals surface area contributed by atoms with Crippen LogP contribution in [0.2, 0.25) is 0 Å². The quantitative estimate of drug-likeness (QED) is 0.388. The Labute approximate surface area is 224 Å². The average molecular weight is 518 g/mol. The van der Waals surface area contributed by atoms with Crippen LogP contribution in [0.4, 0.5) is 11.4 Å². The van der Waals surface area contributed by atoms with Crippen LogP contribution in [-0.4, -0.2) is 34.3 Å². The molecular weight excluding hydrogens is 482 g/mol. The van der Waals surface area contributed by atoms with Gasteiger partial charge >= 0.3 is 0 Å². The lowest BCUT2D eigenvalue weighted by Gasteiger charge is -2.30. The van der Waals surface area contributed by atoms with E-state index in [2.05, 4.69) is 46.1 Å². The molecule has 1 saturated carbocycles. The van der Waals surface area contributed by atoms with Gasteiger partial charge in [-0.1, -0.05) is 25.3 Å². The summed E-state index contributed by atoms with van der Waals surface area (Å²) in [5.41, 5.74) is 6.51. The molecule has 194 valence electrons. The van der Waals surface area contributed by atoms with Gasteiger partial charge in [0.2, 0.25) is 5.91 Å². The molecule has 1 amide bonds. The van der Waals surface area contributed by atoms with Crippen molar-refractivity contribution in [2.24, 2.45) is 0 Å². The van der Waals surface area contributed by atoms with Gasteiger partial charge in [0.25, 0.3) is 0 Å². The SMILES string of the molecule is COCC(=O)Nc1ccc(N2C(=S)NC(c3ccccn3)C2c2cc(C)n(C3CCCCC3)c2C)cc1. The Kier molecular flexibility index (Phi) is 7.58. The van der Waals surface area contributed by atoms with Gasteiger partial charge < -0.3 is 24.8 Å². The summed E-state index contributed by atoms with van der Waals surface area (Å²) in [5.74, 6) is -0.183. The predicted molar refractivity (Wildman–Crippen MR) is 151 cm³/mol. The molecule has 1 aliphatic heterocycles. The molecule has 0 spiro atoms. The smallest absolute Gasteiger partial charge is 0.250 e. The zero-order valence-electron chi connectivity index (χ0n) is 21.7. The van der Waals surface area contributed by atoms with Gasteiger partial charge in [-0.05, 0) is 86.9 Å². The van der Waals surface area contributed by atoms with E-state index in [9.17, 15) is 4.79 Å². The van der Waals surface area contributed by atoms with Gasteiger partial charge in [-0.25, -0.2) is 0 Å². The summed E-state index contributed by atoms with van der Waals surface area (Å²) >= 11 is 5.92. The molecule has 8 heteroatoms. The fourth-order valence-corrected chi connectivity index (χ4v) is 6.33. The van der Waals surface area contributed by atoms with Crippen LogP contribution < -0.4 is 15.5 Å². The number of hydrogen-bond donors (Lipinski definition) is 2. The second-order valence-electron chi connectivity index (χ2n) is 10.0. The molecular formula is C29H35N5O2S. The standard InChI is InChI=1S/C29H35N5O2S/c1-19-17-24(20(2)33(19)22-9-5-4-6-10-22)28-27(25-11-7-8-16-30-25)32-29(37)34(28)23-14-12-21(13-15-23)31-26(35)18-36-3/h7-8,11-17,22,27-28H,4-6,9-10,18H2,1-3H3,(H,31,35)(H,32,37). The highest BCUT2D eigenvalue weighted by Crippen LogP contribution is 2.44. The van der Waals surface area contributed by atoms with Crippen molar-refractivity contribution in [3.8, 4) is 0 Å². The maximum Gasteiger partial charge on any atom is 0.250 e. The Morgan fingerprint density at radius 1 is 1.14 bits per heavy atom. The predicted octanol–water partition coefficient (Wildman–Crippen LogP) is 5.77. The summed E-state index contributed by atoms with van der Waals surface area (Å²) in [6.07, 6.45) is 8.23. The first kappa shape index (κ1) is 25.4. The van der Waals surface area contributed by atoms with Crippen LogP contribution in [0.1, 0.15) is 72.9 Å². The molecule has 37 heavy (non-hydrogen) atoms. The Balaban J connectivity index is 1.54. The van der Waals surface area contributed by atoms with Crippen molar-refractivity contribution in [1.29, 1.82) is 0 Å².